The van der Waals surface area contributed by atoms with E-state index in [1.165, 1.54) is 0 Å². The van der Waals surface area contributed by atoms with Crippen LogP contribution in [-0.2, 0) is 21.1 Å². The third-order valence-corrected chi connectivity index (χ3v) is 1.75. The number of nitrogens with one attached hydrogen (secondary N) is 1. The molecule has 1 aliphatic rings. The fraction of sp³-hybridized carbons (Fsp3) is 0.250. The first-order valence-electron chi connectivity index (χ1n) is 3.92. The molecule has 1 atom stereocenters. The van der Waals surface area contributed by atoms with E-state index in [2.05, 4.69) is 10.6 Å². The standard InChI is InChI=1S/C8H10N2O3/c9-7-3-1-6(2-4-7)5-8-11-10-13-12-8/h1-4,8,10H,5,9H2. The predicted molar refractivity (Wildman–Crippen MR) is 44.7 cm³/mol. The van der Waals surface area contributed by atoms with Crippen molar-refractivity contribution in [3.8, 4) is 0 Å². The van der Waals surface area contributed by atoms with Gasteiger partial charge in [-0.3, -0.25) is 0 Å². The van der Waals surface area contributed by atoms with Crippen molar-refractivity contribution in [1.82, 2.24) is 5.64 Å². The van der Waals surface area contributed by atoms with E-state index in [0.29, 0.717) is 6.42 Å². The Morgan fingerprint density at radius 2 is 2.08 bits per heavy atom. The lowest BCUT2D eigenvalue weighted by Crippen LogP contribution is -2.13. The molecule has 1 aliphatic heterocycles. The molecule has 70 valence electrons. The number of hydrogen-bond donors (Lipinski definition) is 2. The van der Waals surface area contributed by atoms with Crippen molar-refractivity contribution in [3.63, 3.8) is 0 Å². The molecule has 2 rings (SSSR count). The van der Waals surface area contributed by atoms with Crippen LogP contribution in [0.15, 0.2) is 24.3 Å². The van der Waals surface area contributed by atoms with Crippen LogP contribution in [0.4, 0.5) is 5.69 Å². The molecule has 13 heavy (non-hydrogen) atoms. The number of nitrogen functional groups attached to an aromatic ring is 1. The molecule has 1 heterocycles. The van der Waals surface area contributed by atoms with Crippen LogP contribution in [0.1, 0.15) is 5.56 Å². The third kappa shape index (κ3) is 2.16. The molecule has 0 saturated carbocycles. The van der Waals surface area contributed by atoms with Gasteiger partial charge in [0.25, 0.3) is 0 Å². The summed E-state index contributed by atoms with van der Waals surface area (Å²) in [6.45, 7) is 0. The summed E-state index contributed by atoms with van der Waals surface area (Å²) in [6, 6.07) is 7.50. The van der Waals surface area contributed by atoms with Gasteiger partial charge in [-0.25, -0.2) is 4.84 Å². The zero-order chi connectivity index (χ0) is 9.10. The highest BCUT2D eigenvalue weighted by molar-refractivity contribution is 5.39. The fourth-order valence-electron chi connectivity index (χ4n) is 1.09. The smallest absolute Gasteiger partial charge is 0.219 e. The lowest BCUT2D eigenvalue weighted by atomic mass is 10.1. The summed E-state index contributed by atoms with van der Waals surface area (Å²) in [5.74, 6) is 0. The van der Waals surface area contributed by atoms with E-state index in [9.17, 15) is 0 Å². The highest BCUT2D eigenvalue weighted by Gasteiger charge is 2.18. The molecule has 1 fully saturated rings. The van der Waals surface area contributed by atoms with Gasteiger partial charge in [0.2, 0.25) is 6.29 Å². The number of nitrogens with two attached hydrogens (primary N) is 1. The zero-order valence-corrected chi connectivity index (χ0v) is 6.90. The summed E-state index contributed by atoms with van der Waals surface area (Å²) in [7, 11) is 0. The predicted octanol–water partition coefficient (Wildman–Crippen LogP) is 0.535. The molecule has 0 amide bonds. The molecule has 0 aromatic heterocycles. The van der Waals surface area contributed by atoms with E-state index in [1.54, 1.807) is 0 Å². The third-order valence-electron chi connectivity index (χ3n) is 1.75. The van der Waals surface area contributed by atoms with Crippen molar-refractivity contribution in [1.29, 1.82) is 0 Å². The van der Waals surface area contributed by atoms with Crippen molar-refractivity contribution >= 4 is 5.69 Å². The van der Waals surface area contributed by atoms with Crippen molar-refractivity contribution in [2.24, 2.45) is 0 Å². The Labute approximate surface area is 75.2 Å². The second-order valence-corrected chi connectivity index (χ2v) is 2.76. The lowest BCUT2D eigenvalue weighted by molar-refractivity contribution is -0.307. The summed E-state index contributed by atoms with van der Waals surface area (Å²) in [5, 5.41) is 0. The number of hydrogen-bond acceptors (Lipinski definition) is 5. The van der Waals surface area contributed by atoms with Gasteiger partial charge in [0.1, 0.15) is 0 Å². The Hall–Kier alpha value is -1.14. The minimum atomic E-state index is -0.399. The molecular weight excluding hydrogens is 172 g/mol. The zero-order valence-electron chi connectivity index (χ0n) is 6.90. The highest BCUT2D eigenvalue weighted by atomic mass is 17.4. The lowest BCUT2D eigenvalue weighted by Gasteiger charge is -2.04. The van der Waals surface area contributed by atoms with Gasteiger partial charge in [-0.05, 0) is 23.3 Å². The van der Waals surface area contributed by atoms with Crippen molar-refractivity contribution < 1.29 is 14.7 Å². The Bertz CT molecular complexity index is 269. The number of rotatable bonds is 2. The second kappa shape index (κ2) is 3.71. The molecular formula is C8H10N2O3. The first kappa shape index (κ1) is 8.46. The average molecular weight is 182 g/mol. The van der Waals surface area contributed by atoms with E-state index in [0.717, 1.165) is 11.3 Å². The van der Waals surface area contributed by atoms with Gasteiger partial charge in [0.15, 0.2) is 0 Å². The van der Waals surface area contributed by atoms with E-state index in [4.69, 9.17) is 15.5 Å². The molecule has 0 bridgehead atoms. The summed E-state index contributed by atoms with van der Waals surface area (Å²) in [5.41, 5.74) is 9.51. The van der Waals surface area contributed by atoms with Gasteiger partial charge in [0, 0.05) is 12.1 Å². The quantitative estimate of drug-likeness (QED) is 0.516. The second-order valence-electron chi connectivity index (χ2n) is 2.76. The van der Waals surface area contributed by atoms with Crippen LogP contribution in [0, 0.1) is 0 Å². The van der Waals surface area contributed by atoms with Crippen LogP contribution < -0.4 is 11.4 Å². The molecule has 1 unspecified atom stereocenters. The summed E-state index contributed by atoms with van der Waals surface area (Å²) in [6.07, 6.45) is 0.219. The minimum Gasteiger partial charge on any atom is -0.399 e. The normalized spacial score (nSPS) is 22.0. The maximum Gasteiger partial charge on any atom is 0.219 e. The molecule has 1 saturated heterocycles. The molecule has 3 N–H and O–H groups in total. The van der Waals surface area contributed by atoms with Crippen LogP contribution >= 0.6 is 0 Å². The van der Waals surface area contributed by atoms with Crippen LogP contribution in [0.2, 0.25) is 0 Å². The van der Waals surface area contributed by atoms with Gasteiger partial charge in [0.05, 0.1) is 0 Å². The number of anilines is 1. The van der Waals surface area contributed by atoms with E-state index < -0.39 is 6.29 Å². The minimum absolute atomic E-state index is 0.399. The van der Waals surface area contributed by atoms with Crippen LogP contribution in [-0.4, -0.2) is 6.29 Å². The number of benzene rings is 1. The van der Waals surface area contributed by atoms with Gasteiger partial charge >= 0.3 is 0 Å². The van der Waals surface area contributed by atoms with Crippen LogP contribution in [0.5, 0.6) is 0 Å². The van der Waals surface area contributed by atoms with E-state index in [1.807, 2.05) is 24.3 Å². The van der Waals surface area contributed by atoms with E-state index in [-0.39, 0.29) is 0 Å². The largest absolute Gasteiger partial charge is 0.399 e. The maximum absolute atomic E-state index is 5.54. The summed E-state index contributed by atoms with van der Waals surface area (Å²) < 4.78 is 0. The SMILES string of the molecule is Nc1ccc(CC2ONOO2)cc1. The topological polar surface area (TPSA) is 65.7 Å². The van der Waals surface area contributed by atoms with Gasteiger partial charge in [-0.15, -0.1) is 4.99 Å². The van der Waals surface area contributed by atoms with E-state index >= 15 is 0 Å². The van der Waals surface area contributed by atoms with Crippen molar-refractivity contribution in [3.05, 3.63) is 29.8 Å². The van der Waals surface area contributed by atoms with Crippen molar-refractivity contribution in [2.75, 3.05) is 5.73 Å². The van der Waals surface area contributed by atoms with Crippen LogP contribution in [0.25, 0.3) is 0 Å². The molecule has 5 nitrogen and oxygen atoms in total. The summed E-state index contributed by atoms with van der Waals surface area (Å²) >= 11 is 0. The molecule has 5 heteroatoms. The Kier molecular flexibility index (Phi) is 2.42. The van der Waals surface area contributed by atoms with Gasteiger partial charge in [-0.2, -0.15) is 4.89 Å². The molecule has 0 spiro atoms. The Morgan fingerprint density at radius 3 is 2.69 bits per heavy atom. The maximum atomic E-state index is 5.54. The Balaban J connectivity index is 1.97. The first-order chi connectivity index (χ1) is 6.34. The van der Waals surface area contributed by atoms with Crippen LogP contribution in [0.3, 0.4) is 0 Å². The molecule has 1 aromatic rings. The molecule has 1 aromatic carbocycles. The summed E-state index contributed by atoms with van der Waals surface area (Å²) in [4.78, 5) is 13.9. The monoisotopic (exact) mass is 182 g/mol. The molecule has 0 radical (unpaired) electrons. The van der Waals surface area contributed by atoms with Gasteiger partial charge < -0.3 is 5.73 Å². The van der Waals surface area contributed by atoms with Gasteiger partial charge in [-0.1, -0.05) is 12.1 Å². The first-order valence-corrected chi connectivity index (χ1v) is 3.92. The highest BCUT2D eigenvalue weighted by Crippen LogP contribution is 2.11. The Morgan fingerprint density at radius 1 is 1.31 bits per heavy atom. The molecule has 0 aliphatic carbocycles. The van der Waals surface area contributed by atoms with Crippen molar-refractivity contribution in [2.45, 2.75) is 12.7 Å². The fourth-order valence-corrected chi connectivity index (χ4v) is 1.09. The average Bonchev–Trinajstić information content (AvgIpc) is 2.62.